The van der Waals surface area contributed by atoms with Gasteiger partial charge in [0, 0.05) is 12.5 Å². The Morgan fingerprint density at radius 2 is 1.76 bits per heavy atom. The van der Waals surface area contributed by atoms with Crippen LogP contribution in [-0.4, -0.2) is 23.8 Å². The van der Waals surface area contributed by atoms with Gasteiger partial charge >= 0.3 is 0 Å². The molecule has 1 unspecified atom stereocenters. The Hall–Kier alpha value is -1.22. The molecule has 0 fully saturated rings. The Morgan fingerprint density at radius 1 is 1.24 bits per heavy atom. The van der Waals surface area contributed by atoms with Gasteiger partial charge in [-0.2, -0.15) is 0 Å². The third-order valence-electron chi connectivity index (χ3n) is 2.99. The number of hydrogen-bond donors (Lipinski definition) is 0. The minimum atomic E-state index is -0.241. The standard InChI is InChI=1S/C14H20FNO/c1-4-16(5-2)14(10-11(3)17)12-6-8-13(15)9-7-12/h6-9,14H,4-5,10H2,1-3H3. The van der Waals surface area contributed by atoms with Gasteiger partial charge in [-0.05, 0) is 37.7 Å². The molecule has 0 saturated carbocycles. The predicted molar refractivity (Wildman–Crippen MR) is 67.4 cm³/mol. The molecule has 94 valence electrons. The van der Waals surface area contributed by atoms with Crippen LogP contribution in [0.15, 0.2) is 24.3 Å². The van der Waals surface area contributed by atoms with Crippen LogP contribution in [0.25, 0.3) is 0 Å². The Labute approximate surface area is 102 Å². The lowest BCUT2D eigenvalue weighted by Crippen LogP contribution is -2.29. The molecule has 0 aliphatic heterocycles. The van der Waals surface area contributed by atoms with Crippen molar-refractivity contribution in [1.82, 2.24) is 4.90 Å². The number of halogens is 1. The first-order chi connectivity index (χ1) is 8.08. The third kappa shape index (κ3) is 3.93. The Balaban J connectivity index is 2.96. The van der Waals surface area contributed by atoms with Crippen LogP contribution in [0.3, 0.4) is 0 Å². The van der Waals surface area contributed by atoms with Crippen LogP contribution in [0.2, 0.25) is 0 Å². The summed E-state index contributed by atoms with van der Waals surface area (Å²) < 4.78 is 12.9. The maximum Gasteiger partial charge on any atom is 0.131 e. The molecule has 0 radical (unpaired) electrons. The summed E-state index contributed by atoms with van der Waals surface area (Å²) in [5, 5.41) is 0. The van der Waals surface area contributed by atoms with Crippen molar-refractivity contribution in [3.8, 4) is 0 Å². The number of hydrogen-bond acceptors (Lipinski definition) is 2. The quantitative estimate of drug-likeness (QED) is 0.757. The van der Waals surface area contributed by atoms with E-state index >= 15 is 0 Å². The molecule has 1 atom stereocenters. The van der Waals surface area contributed by atoms with Crippen LogP contribution in [0.5, 0.6) is 0 Å². The van der Waals surface area contributed by atoms with Crippen molar-refractivity contribution in [2.24, 2.45) is 0 Å². The minimum Gasteiger partial charge on any atom is -0.300 e. The van der Waals surface area contributed by atoms with Crippen molar-refractivity contribution in [1.29, 1.82) is 0 Å². The molecule has 0 spiro atoms. The molecule has 0 bridgehead atoms. The maximum absolute atomic E-state index is 12.9. The first kappa shape index (κ1) is 13.8. The van der Waals surface area contributed by atoms with E-state index in [4.69, 9.17) is 0 Å². The number of carbonyl (C=O) groups is 1. The van der Waals surface area contributed by atoms with E-state index in [9.17, 15) is 9.18 Å². The van der Waals surface area contributed by atoms with E-state index < -0.39 is 0 Å². The number of ketones is 1. The fraction of sp³-hybridized carbons (Fsp3) is 0.500. The van der Waals surface area contributed by atoms with Crippen LogP contribution in [0.1, 0.15) is 38.8 Å². The van der Waals surface area contributed by atoms with Gasteiger partial charge in [0.1, 0.15) is 11.6 Å². The smallest absolute Gasteiger partial charge is 0.131 e. The summed E-state index contributed by atoms with van der Waals surface area (Å²) >= 11 is 0. The molecule has 3 heteroatoms. The van der Waals surface area contributed by atoms with Gasteiger partial charge in [0.15, 0.2) is 0 Å². The third-order valence-corrected chi connectivity index (χ3v) is 2.99. The molecule has 1 rings (SSSR count). The largest absolute Gasteiger partial charge is 0.300 e. The summed E-state index contributed by atoms with van der Waals surface area (Å²) in [4.78, 5) is 13.5. The lowest BCUT2D eigenvalue weighted by atomic mass is 10.00. The summed E-state index contributed by atoms with van der Waals surface area (Å²) in [6.45, 7) is 7.50. The fourth-order valence-corrected chi connectivity index (χ4v) is 2.08. The molecule has 1 aromatic rings. The highest BCUT2D eigenvalue weighted by molar-refractivity contribution is 5.76. The monoisotopic (exact) mass is 237 g/mol. The summed E-state index contributed by atoms with van der Waals surface area (Å²) in [7, 11) is 0. The molecule has 0 amide bonds. The van der Waals surface area contributed by atoms with E-state index in [2.05, 4.69) is 18.7 Å². The zero-order valence-corrected chi connectivity index (χ0v) is 10.7. The van der Waals surface area contributed by atoms with Gasteiger partial charge in [0.05, 0.1) is 0 Å². The van der Waals surface area contributed by atoms with E-state index in [1.165, 1.54) is 12.1 Å². The number of benzene rings is 1. The van der Waals surface area contributed by atoms with Gasteiger partial charge in [-0.15, -0.1) is 0 Å². The Morgan fingerprint density at radius 3 is 2.18 bits per heavy atom. The van der Waals surface area contributed by atoms with Crippen LogP contribution in [0.4, 0.5) is 4.39 Å². The van der Waals surface area contributed by atoms with Gasteiger partial charge in [-0.3, -0.25) is 9.69 Å². The number of Topliss-reactive ketones (excluding diaryl/α,β-unsaturated/α-hetero) is 1. The van der Waals surface area contributed by atoms with Crippen LogP contribution < -0.4 is 0 Å². The van der Waals surface area contributed by atoms with E-state index in [-0.39, 0.29) is 17.6 Å². The highest BCUT2D eigenvalue weighted by Gasteiger charge is 2.19. The second kappa shape index (κ2) is 6.50. The second-order valence-electron chi connectivity index (χ2n) is 4.19. The normalized spacial score (nSPS) is 12.8. The molecule has 0 N–H and O–H groups in total. The zero-order chi connectivity index (χ0) is 12.8. The highest BCUT2D eigenvalue weighted by Crippen LogP contribution is 2.24. The van der Waals surface area contributed by atoms with Gasteiger partial charge in [-0.1, -0.05) is 26.0 Å². The van der Waals surface area contributed by atoms with Gasteiger partial charge in [0.25, 0.3) is 0 Å². The van der Waals surface area contributed by atoms with Crippen molar-refractivity contribution >= 4 is 5.78 Å². The van der Waals surface area contributed by atoms with Crippen molar-refractivity contribution in [3.63, 3.8) is 0 Å². The Kier molecular flexibility index (Phi) is 5.29. The fourth-order valence-electron chi connectivity index (χ4n) is 2.08. The molecule has 2 nitrogen and oxygen atoms in total. The van der Waals surface area contributed by atoms with Gasteiger partial charge in [0.2, 0.25) is 0 Å². The first-order valence-electron chi connectivity index (χ1n) is 6.07. The average molecular weight is 237 g/mol. The molecule has 0 saturated heterocycles. The number of nitrogens with zero attached hydrogens (tertiary/aromatic N) is 1. The van der Waals surface area contributed by atoms with Crippen molar-refractivity contribution in [2.75, 3.05) is 13.1 Å². The molecule has 17 heavy (non-hydrogen) atoms. The number of rotatable bonds is 6. The van der Waals surface area contributed by atoms with Crippen LogP contribution >= 0.6 is 0 Å². The predicted octanol–water partition coefficient (Wildman–Crippen LogP) is 3.19. The van der Waals surface area contributed by atoms with Crippen molar-refractivity contribution in [3.05, 3.63) is 35.6 Å². The topological polar surface area (TPSA) is 20.3 Å². The SMILES string of the molecule is CCN(CC)C(CC(C)=O)c1ccc(F)cc1. The molecule has 0 aliphatic carbocycles. The van der Waals surface area contributed by atoms with Crippen molar-refractivity contribution in [2.45, 2.75) is 33.2 Å². The van der Waals surface area contributed by atoms with Crippen LogP contribution in [0, 0.1) is 5.82 Å². The van der Waals surface area contributed by atoms with Crippen LogP contribution in [-0.2, 0) is 4.79 Å². The van der Waals surface area contributed by atoms with E-state index in [0.717, 1.165) is 18.7 Å². The summed E-state index contributed by atoms with van der Waals surface area (Å²) in [5.41, 5.74) is 1.00. The van der Waals surface area contributed by atoms with Crippen molar-refractivity contribution < 1.29 is 9.18 Å². The summed E-state index contributed by atoms with van der Waals surface area (Å²) in [6, 6.07) is 6.49. The maximum atomic E-state index is 12.9. The molecule has 0 heterocycles. The molecule has 0 aliphatic rings. The van der Waals surface area contributed by atoms with E-state index in [1.54, 1.807) is 19.1 Å². The average Bonchev–Trinajstić information content (AvgIpc) is 2.30. The minimum absolute atomic E-state index is 0.0584. The second-order valence-corrected chi connectivity index (χ2v) is 4.19. The van der Waals surface area contributed by atoms with Gasteiger partial charge in [-0.25, -0.2) is 4.39 Å². The van der Waals surface area contributed by atoms with Gasteiger partial charge < -0.3 is 0 Å². The number of carbonyl (C=O) groups excluding carboxylic acids is 1. The highest BCUT2D eigenvalue weighted by atomic mass is 19.1. The van der Waals surface area contributed by atoms with E-state index in [1.807, 2.05) is 0 Å². The van der Waals surface area contributed by atoms with E-state index in [0.29, 0.717) is 6.42 Å². The Bertz CT molecular complexity index is 357. The molecule has 1 aromatic carbocycles. The molecular formula is C14H20FNO. The molecular weight excluding hydrogens is 217 g/mol. The summed E-state index contributed by atoms with van der Waals surface area (Å²) in [5.74, 6) is -0.0823. The lowest BCUT2D eigenvalue weighted by Gasteiger charge is -2.29. The molecule has 0 aromatic heterocycles. The zero-order valence-electron chi connectivity index (χ0n) is 10.7. The lowest BCUT2D eigenvalue weighted by molar-refractivity contribution is -0.118. The first-order valence-corrected chi connectivity index (χ1v) is 6.07. The summed E-state index contributed by atoms with van der Waals surface area (Å²) in [6.07, 6.45) is 0.479.